The van der Waals surface area contributed by atoms with Crippen LogP contribution in [-0.4, -0.2) is 70.8 Å². The van der Waals surface area contributed by atoms with Gasteiger partial charge in [-0.1, -0.05) is 6.42 Å². The third-order valence-corrected chi connectivity index (χ3v) is 8.13. The molecular weight excluding hydrogens is 376 g/mol. The highest BCUT2D eigenvalue weighted by atomic mass is 16.5. The van der Waals surface area contributed by atoms with Crippen molar-refractivity contribution in [3.8, 4) is 0 Å². The van der Waals surface area contributed by atoms with Crippen molar-refractivity contribution in [2.75, 3.05) is 32.8 Å². The van der Waals surface area contributed by atoms with Crippen molar-refractivity contribution in [2.45, 2.75) is 115 Å². The van der Waals surface area contributed by atoms with E-state index in [9.17, 15) is 4.79 Å². The summed E-state index contributed by atoms with van der Waals surface area (Å²) >= 11 is 0. The molecule has 30 heavy (non-hydrogen) atoms. The molecule has 0 aromatic rings. The SMILES string of the molecule is CC(C)(C)OCC12CCC(=O)N1CC(CC(C)(C)OCC13CCCCN1CCC3)C2. The van der Waals surface area contributed by atoms with Crippen LogP contribution >= 0.6 is 0 Å². The molecular formula is C25H44N2O3. The number of fused-ring (bicyclic) bond motifs is 2. The fraction of sp³-hybridized carbons (Fsp3) is 0.960. The standard InChI is InChI=1S/C25H44N2O3/c1-22(2,3)29-19-25-12-9-21(28)27(25)17-20(16-25)15-23(4,5)30-18-24-10-6-7-13-26(24)14-8-11-24/h20H,6-19H2,1-5H3. The molecule has 0 aromatic heterocycles. The minimum atomic E-state index is -0.168. The van der Waals surface area contributed by atoms with Gasteiger partial charge in [-0.25, -0.2) is 0 Å². The van der Waals surface area contributed by atoms with Crippen molar-refractivity contribution in [2.24, 2.45) is 5.92 Å². The van der Waals surface area contributed by atoms with Crippen LogP contribution in [0.4, 0.5) is 0 Å². The number of ether oxygens (including phenoxy) is 2. The van der Waals surface area contributed by atoms with Crippen LogP contribution in [0.25, 0.3) is 0 Å². The first-order valence-electron chi connectivity index (χ1n) is 12.4. The molecule has 0 spiro atoms. The minimum Gasteiger partial charge on any atom is -0.374 e. The highest BCUT2D eigenvalue weighted by Gasteiger charge is 2.53. The Balaban J connectivity index is 1.36. The Labute approximate surface area is 183 Å². The van der Waals surface area contributed by atoms with Gasteiger partial charge in [0.1, 0.15) is 0 Å². The van der Waals surface area contributed by atoms with E-state index >= 15 is 0 Å². The number of carbonyl (C=O) groups excluding carboxylic acids is 1. The summed E-state index contributed by atoms with van der Waals surface area (Å²) in [4.78, 5) is 17.4. The molecule has 4 heterocycles. The monoisotopic (exact) mass is 420 g/mol. The Kier molecular flexibility index (Phi) is 6.04. The molecule has 0 N–H and O–H groups in total. The fourth-order valence-corrected chi connectivity index (χ4v) is 6.64. The zero-order valence-corrected chi connectivity index (χ0v) is 20.1. The predicted octanol–water partition coefficient (Wildman–Crippen LogP) is 4.39. The highest BCUT2D eigenvalue weighted by Crippen LogP contribution is 2.46. The van der Waals surface area contributed by atoms with Crippen LogP contribution in [0.3, 0.4) is 0 Å². The largest absolute Gasteiger partial charge is 0.374 e. The quantitative estimate of drug-likeness (QED) is 0.613. The molecule has 4 fully saturated rings. The van der Waals surface area contributed by atoms with Gasteiger partial charge in [0.15, 0.2) is 0 Å². The average molecular weight is 421 g/mol. The number of nitrogens with zero attached hydrogens (tertiary/aromatic N) is 2. The van der Waals surface area contributed by atoms with Crippen molar-refractivity contribution < 1.29 is 14.3 Å². The minimum absolute atomic E-state index is 0.0879. The van der Waals surface area contributed by atoms with Gasteiger partial charge in [0, 0.05) is 18.5 Å². The van der Waals surface area contributed by atoms with E-state index in [0.717, 1.165) is 32.4 Å². The Bertz CT molecular complexity index is 643. The number of amides is 1. The summed E-state index contributed by atoms with van der Waals surface area (Å²) in [5.41, 5.74) is -0.114. The van der Waals surface area contributed by atoms with Crippen LogP contribution in [0, 0.1) is 5.92 Å². The lowest BCUT2D eigenvalue weighted by Gasteiger charge is -2.44. The summed E-state index contributed by atoms with van der Waals surface area (Å²) in [6.45, 7) is 15.7. The second-order valence-electron chi connectivity index (χ2n) is 12.2. The van der Waals surface area contributed by atoms with E-state index in [-0.39, 0.29) is 16.7 Å². The molecule has 5 heteroatoms. The molecule has 0 radical (unpaired) electrons. The maximum Gasteiger partial charge on any atom is 0.223 e. The second-order valence-corrected chi connectivity index (χ2v) is 12.2. The van der Waals surface area contributed by atoms with Gasteiger partial charge >= 0.3 is 0 Å². The lowest BCUT2D eigenvalue weighted by atomic mass is 9.84. The van der Waals surface area contributed by atoms with Crippen molar-refractivity contribution in [1.29, 1.82) is 0 Å². The van der Waals surface area contributed by atoms with Gasteiger partial charge in [-0.05, 0) is 98.6 Å². The van der Waals surface area contributed by atoms with E-state index in [4.69, 9.17) is 9.47 Å². The average Bonchev–Trinajstić information content (AvgIpc) is 3.32. The Morgan fingerprint density at radius 1 is 0.933 bits per heavy atom. The van der Waals surface area contributed by atoms with Gasteiger partial charge < -0.3 is 14.4 Å². The zero-order valence-electron chi connectivity index (χ0n) is 20.1. The van der Waals surface area contributed by atoms with Gasteiger partial charge in [-0.2, -0.15) is 0 Å². The molecule has 0 aliphatic carbocycles. The van der Waals surface area contributed by atoms with Gasteiger partial charge in [0.25, 0.3) is 0 Å². The summed E-state index contributed by atoms with van der Waals surface area (Å²) in [6.07, 6.45) is 10.3. The lowest BCUT2D eigenvalue weighted by Crippen LogP contribution is -2.52. The molecule has 0 saturated carbocycles. The molecule has 5 nitrogen and oxygen atoms in total. The third-order valence-electron chi connectivity index (χ3n) is 8.13. The molecule has 4 rings (SSSR count). The van der Waals surface area contributed by atoms with E-state index in [1.54, 1.807) is 0 Å². The molecule has 4 saturated heterocycles. The molecule has 3 unspecified atom stereocenters. The molecule has 0 bridgehead atoms. The number of piperidine rings is 1. The molecule has 4 aliphatic heterocycles. The normalized spacial score (nSPS) is 35.2. The van der Waals surface area contributed by atoms with E-state index < -0.39 is 0 Å². The van der Waals surface area contributed by atoms with Gasteiger partial charge in [-0.3, -0.25) is 9.69 Å². The molecule has 172 valence electrons. The molecule has 3 atom stereocenters. The number of rotatable bonds is 7. The summed E-state index contributed by atoms with van der Waals surface area (Å²) in [5.74, 6) is 0.813. The smallest absolute Gasteiger partial charge is 0.223 e. The van der Waals surface area contributed by atoms with Crippen LogP contribution in [0.5, 0.6) is 0 Å². The summed E-state index contributed by atoms with van der Waals surface area (Å²) in [5, 5.41) is 0. The topological polar surface area (TPSA) is 42.0 Å². The van der Waals surface area contributed by atoms with Gasteiger partial charge in [-0.15, -0.1) is 0 Å². The van der Waals surface area contributed by atoms with E-state index in [0.29, 0.717) is 30.4 Å². The Morgan fingerprint density at radius 2 is 1.63 bits per heavy atom. The first-order valence-corrected chi connectivity index (χ1v) is 12.4. The van der Waals surface area contributed by atoms with Gasteiger partial charge in [0.2, 0.25) is 5.91 Å². The molecule has 0 aromatic carbocycles. The Hall–Kier alpha value is -0.650. The molecule has 1 amide bonds. The van der Waals surface area contributed by atoms with E-state index in [1.807, 2.05) is 0 Å². The van der Waals surface area contributed by atoms with Crippen LogP contribution in [0.2, 0.25) is 0 Å². The Morgan fingerprint density at radius 3 is 2.40 bits per heavy atom. The summed E-state index contributed by atoms with van der Waals surface area (Å²) in [7, 11) is 0. The maximum atomic E-state index is 12.6. The zero-order chi connectivity index (χ0) is 21.6. The van der Waals surface area contributed by atoms with Crippen LogP contribution in [-0.2, 0) is 14.3 Å². The maximum absolute atomic E-state index is 12.6. The third kappa shape index (κ3) is 4.59. The van der Waals surface area contributed by atoms with Crippen molar-refractivity contribution in [3.05, 3.63) is 0 Å². The number of hydrogen-bond acceptors (Lipinski definition) is 4. The fourth-order valence-electron chi connectivity index (χ4n) is 6.64. The summed E-state index contributed by atoms with van der Waals surface area (Å²) < 4.78 is 12.8. The van der Waals surface area contributed by atoms with E-state index in [1.165, 1.54) is 45.2 Å². The van der Waals surface area contributed by atoms with E-state index in [2.05, 4.69) is 44.4 Å². The van der Waals surface area contributed by atoms with Crippen LogP contribution in [0.15, 0.2) is 0 Å². The lowest BCUT2D eigenvalue weighted by molar-refractivity contribution is -0.132. The van der Waals surface area contributed by atoms with Crippen LogP contribution in [0.1, 0.15) is 92.4 Å². The van der Waals surface area contributed by atoms with Crippen molar-refractivity contribution >= 4 is 5.91 Å². The van der Waals surface area contributed by atoms with Crippen molar-refractivity contribution in [3.63, 3.8) is 0 Å². The van der Waals surface area contributed by atoms with Gasteiger partial charge in [0.05, 0.1) is 30.0 Å². The number of carbonyl (C=O) groups is 1. The van der Waals surface area contributed by atoms with Crippen LogP contribution < -0.4 is 0 Å². The molecule has 4 aliphatic rings. The van der Waals surface area contributed by atoms with Crippen molar-refractivity contribution in [1.82, 2.24) is 9.80 Å². The number of hydrogen-bond donors (Lipinski definition) is 0. The first-order chi connectivity index (χ1) is 14.0. The second kappa shape index (κ2) is 8.04. The highest BCUT2D eigenvalue weighted by molar-refractivity contribution is 5.80. The summed E-state index contributed by atoms with van der Waals surface area (Å²) in [6, 6.07) is 0. The first kappa shape index (κ1) is 22.5. The predicted molar refractivity (Wildman–Crippen MR) is 120 cm³/mol.